The fourth-order valence-electron chi connectivity index (χ4n) is 3.84. The van der Waals surface area contributed by atoms with E-state index in [0.29, 0.717) is 22.8 Å². The number of hydrogen-bond donors (Lipinski definition) is 1. The third-order valence-corrected chi connectivity index (χ3v) is 5.80. The first-order valence-corrected chi connectivity index (χ1v) is 11.1. The number of carbonyl (C=O) groups excluding carboxylic acids is 1. The van der Waals surface area contributed by atoms with Gasteiger partial charge in [-0.1, -0.05) is 23.7 Å². The van der Waals surface area contributed by atoms with Crippen LogP contribution in [-0.4, -0.2) is 46.9 Å². The third-order valence-electron chi connectivity index (χ3n) is 5.55. The van der Waals surface area contributed by atoms with E-state index < -0.39 is 0 Å². The highest BCUT2D eigenvalue weighted by atomic mass is 35.5. The zero-order chi connectivity index (χ0) is 23.2. The van der Waals surface area contributed by atoms with Crippen molar-refractivity contribution in [3.05, 3.63) is 93.1 Å². The fraction of sp³-hybridized carbons (Fsp3) is 0.250. The van der Waals surface area contributed by atoms with Crippen LogP contribution in [0.5, 0.6) is 0 Å². The summed E-state index contributed by atoms with van der Waals surface area (Å²) in [7, 11) is 0. The minimum absolute atomic E-state index is 0.122. The summed E-state index contributed by atoms with van der Waals surface area (Å²) < 4.78 is 0. The summed E-state index contributed by atoms with van der Waals surface area (Å²) in [5, 5.41) is 14.4. The summed E-state index contributed by atoms with van der Waals surface area (Å²) in [6.07, 6.45) is 2.63. The predicted molar refractivity (Wildman–Crippen MR) is 129 cm³/mol. The normalized spacial score (nSPS) is 14.5. The molecule has 33 heavy (non-hydrogen) atoms. The van der Waals surface area contributed by atoms with Gasteiger partial charge in [0.15, 0.2) is 0 Å². The van der Waals surface area contributed by atoms with Crippen LogP contribution in [0.3, 0.4) is 0 Å². The number of hydrogen-bond acceptors (Lipinski definition) is 6. The van der Waals surface area contributed by atoms with Crippen molar-refractivity contribution in [1.29, 1.82) is 0 Å². The Morgan fingerprint density at radius 1 is 1.06 bits per heavy atom. The van der Waals surface area contributed by atoms with Gasteiger partial charge < -0.3 is 10.2 Å². The van der Waals surface area contributed by atoms with Gasteiger partial charge in [-0.15, -0.1) is 0 Å². The number of nitrogens with one attached hydrogen (secondary N) is 1. The molecule has 0 spiro atoms. The van der Waals surface area contributed by atoms with Gasteiger partial charge in [0.25, 0.3) is 11.6 Å². The molecule has 0 aliphatic carbocycles. The van der Waals surface area contributed by atoms with E-state index in [-0.39, 0.29) is 16.5 Å². The maximum atomic E-state index is 12.4. The number of carbonyl (C=O) groups is 1. The standard InChI is InChI=1S/C24H24ClN5O3/c25-20-7-5-19(6-8-20)24(31)27-21-9-10-23(26-16-21)29-12-2-11-28(13-14-29)17-18-3-1-4-22(15-18)30(32)33/h1,3-10,15-16H,2,11-14,17H2,(H,27,31). The third kappa shape index (κ3) is 6.06. The lowest BCUT2D eigenvalue weighted by molar-refractivity contribution is -0.384. The largest absolute Gasteiger partial charge is 0.355 e. The van der Waals surface area contributed by atoms with Crippen LogP contribution in [0.2, 0.25) is 5.02 Å². The first-order chi connectivity index (χ1) is 16.0. The van der Waals surface area contributed by atoms with E-state index in [4.69, 9.17) is 11.6 Å². The van der Waals surface area contributed by atoms with Crippen LogP contribution >= 0.6 is 11.6 Å². The van der Waals surface area contributed by atoms with Crippen molar-refractivity contribution in [1.82, 2.24) is 9.88 Å². The van der Waals surface area contributed by atoms with Gasteiger partial charge in [0.05, 0.1) is 16.8 Å². The number of rotatable bonds is 6. The first kappa shape index (κ1) is 22.7. The number of nitro benzene ring substituents is 1. The molecule has 1 saturated heterocycles. The number of non-ortho nitro benzene ring substituents is 1. The maximum absolute atomic E-state index is 12.4. The quantitative estimate of drug-likeness (QED) is 0.422. The Labute approximate surface area is 197 Å². The first-order valence-electron chi connectivity index (χ1n) is 10.7. The summed E-state index contributed by atoms with van der Waals surface area (Å²) >= 11 is 5.87. The summed E-state index contributed by atoms with van der Waals surface area (Å²) in [6, 6.07) is 17.3. The van der Waals surface area contributed by atoms with Crippen LogP contribution < -0.4 is 10.2 Å². The lowest BCUT2D eigenvalue weighted by Crippen LogP contribution is -2.31. The van der Waals surface area contributed by atoms with Crippen molar-refractivity contribution in [2.45, 2.75) is 13.0 Å². The average Bonchev–Trinajstić information content (AvgIpc) is 3.06. The van der Waals surface area contributed by atoms with Crippen molar-refractivity contribution >= 4 is 34.7 Å². The summed E-state index contributed by atoms with van der Waals surface area (Å²) in [5.74, 6) is 0.643. The Bertz CT molecular complexity index is 1120. The van der Waals surface area contributed by atoms with E-state index in [1.807, 2.05) is 18.2 Å². The second kappa shape index (κ2) is 10.4. The zero-order valence-corrected chi connectivity index (χ0v) is 18.7. The van der Waals surface area contributed by atoms with E-state index in [0.717, 1.165) is 44.0 Å². The Morgan fingerprint density at radius 2 is 1.88 bits per heavy atom. The number of nitrogens with zero attached hydrogens (tertiary/aromatic N) is 4. The number of aromatic nitrogens is 1. The predicted octanol–water partition coefficient (Wildman–Crippen LogP) is 4.61. The SMILES string of the molecule is O=C(Nc1ccc(N2CCCN(Cc3cccc([N+](=O)[O-])c3)CC2)nc1)c1ccc(Cl)cc1. The van der Waals surface area contributed by atoms with Gasteiger partial charge in [0, 0.05) is 55.4 Å². The van der Waals surface area contributed by atoms with E-state index >= 15 is 0 Å². The molecule has 1 aromatic heterocycles. The monoisotopic (exact) mass is 465 g/mol. The summed E-state index contributed by atoms with van der Waals surface area (Å²) in [6.45, 7) is 4.10. The van der Waals surface area contributed by atoms with Crippen LogP contribution in [0.1, 0.15) is 22.3 Å². The van der Waals surface area contributed by atoms with E-state index in [2.05, 4.69) is 20.1 Å². The van der Waals surface area contributed by atoms with Crippen LogP contribution in [0.4, 0.5) is 17.2 Å². The number of nitro groups is 1. The number of benzene rings is 2. The van der Waals surface area contributed by atoms with Gasteiger partial charge >= 0.3 is 0 Å². The Hall–Kier alpha value is -3.49. The highest BCUT2D eigenvalue weighted by Gasteiger charge is 2.17. The molecular weight excluding hydrogens is 442 g/mol. The van der Waals surface area contributed by atoms with Crippen LogP contribution in [0, 0.1) is 10.1 Å². The molecule has 2 aromatic carbocycles. The molecule has 0 unspecified atom stereocenters. The van der Waals surface area contributed by atoms with E-state index in [9.17, 15) is 14.9 Å². The Morgan fingerprint density at radius 3 is 2.61 bits per heavy atom. The van der Waals surface area contributed by atoms with Crippen LogP contribution in [0.25, 0.3) is 0 Å². The highest BCUT2D eigenvalue weighted by Crippen LogP contribution is 2.19. The molecular formula is C24H24ClN5O3. The van der Waals surface area contributed by atoms with Gasteiger partial charge in [-0.05, 0) is 48.4 Å². The molecule has 1 fully saturated rings. The second-order valence-electron chi connectivity index (χ2n) is 7.91. The lowest BCUT2D eigenvalue weighted by Gasteiger charge is -2.23. The van der Waals surface area contributed by atoms with Crippen LogP contribution in [-0.2, 0) is 6.54 Å². The molecule has 3 aromatic rings. The van der Waals surface area contributed by atoms with E-state index in [1.54, 1.807) is 42.6 Å². The second-order valence-corrected chi connectivity index (χ2v) is 8.35. The van der Waals surface area contributed by atoms with E-state index in [1.165, 1.54) is 6.07 Å². The lowest BCUT2D eigenvalue weighted by atomic mass is 10.2. The molecule has 4 rings (SSSR count). The average molecular weight is 466 g/mol. The molecule has 2 heterocycles. The topological polar surface area (TPSA) is 91.6 Å². The number of anilines is 2. The number of halogens is 1. The van der Waals surface area contributed by atoms with Crippen molar-refractivity contribution in [3.63, 3.8) is 0 Å². The molecule has 0 atom stereocenters. The van der Waals surface area contributed by atoms with Crippen LogP contribution in [0.15, 0.2) is 66.9 Å². The summed E-state index contributed by atoms with van der Waals surface area (Å²) in [5.41, 5.74) is 2.22. The molecule has 0 radical (unpaired) electrons. The smallest absolute Gasteiger partial charge is 0.269 e. The zero-order valence-electron chi connectivity index (χ0n) is 18.0. The highest BCUT2D eigenvalue weighted by molar-refractivity contribution is 6.30. The maximum Gasteiger partial charge on any atom is 0.269 e. The molecule has 1 aliphatic heterocycles. The Balaban J connectivity index is 1.33. The molecule has 0 saturated carbocycles. The van der Waals surface area contributed by atoms with Gasteiger partial charge in [0.1, 0.15) is 5.82 Å². The van der Waals surface area contributed by atoms with Gasteiger partial charge in [-0.2, -0.15) is 0 Å². The Kier molecular flexibility index (Phi) is 7.16. The molecule has 170 valence electrons. The molecule has 0 bridgehead atoms. The number of amides is 1. The minimum Gasteiger partial charge on any atom is -0.355 e. The van der Waals surface area contributed by atoms with Crippen molar-refractivity contribution in [3.8, 4) is 0 Å². The van der Waals surface area contributed by atoms with Gasteiger partial charge in [0.2, 0.25) is 0 Å². The molecule has 9 heteroatoms. The van der Waals surface area contributed by atoms with Gasteiger partial charge in [-0.25, -0.2) is 4.98 Å². The molecule has 8 nitrogen and oxygen atoms in total. The van der Waals surface area contributed by atoms with Gasteiger partial charge in [-0.3, -0.25) is 19.8 Å². The number of pyridine rings is 1. The van der Waals surface area contributed by atoms with Crippen molar-refractivity contribution in [2.24, 2.45) is 0 Å². The van der Waals surface area contributed by atoms with Crippen molar-refractivity contribution in [2.75, 3.05) is 36.4 Å². The fourth-order valence-corrected chi connectivity index (χ4v) is 3.96. The molecule has 1 N–H and O–H groups in total. The molecule has 1 aliphatic rings. The van der Waals surface area contributed by atoms with Crippen molar-refractivity contribution < 1.29 is 9.72 Å². The molecule has 1 amide bonds. The summed E-state index contributed by atoms with van der Waals surface area (Å²) in [4.78, 5) is 32.1. The minimum atomic E-state index is -0.360.